The first kappa shape index (κ1) is 19.5. The van der Waals surface area contributed by atoms with Crippen molar-refractivity contribution >= 4 is 28.7 Å². The number of anilines is 2. The van der Waals surface area contributed by atoms with Crippen molar-refractivity contribution < 1.29 is 4.74 Å². The molecule has 5 heteroatoms. The summed E-state index contributed by atoms with van der Waals surface area (Å²) >= 11 is 5.46. The van der Waals surface area contributed by atoms with E-state index in [0.717, 1.165) is 30.4 Å². The number of thiocarbonyl (C=S) groups is 1. The number of nitrogens with zero attached hydrogens (tertiary/aromatic N) is 1. The Bertz CT molecular complexity index is 762. The Balaban J connectivity index is 1.57. The van der Waals surface area contributed by atoms with Gasteiger partial charge in [0.05, 0.1) is 13.2 Å². The average Bonchev–Trinajstić information content (AvgIpc) is 2.68. The Morgan fingerprint density at radius 1 is 1.22 bits per heavy atom. The predicted molar refractivity (Wildman–Crippen MR) is 118 cm³/mol. The van der Waals surface area contributed by atoms with E-state index in [1.165, 1.54) is 24.1 Å². The zero-order valence-electron chi connectivity index (χ0n) is 16.4. The first-order valence-electron chi connectivity index (χ1n) is 9.61. The minimum atomic E-state index is 0.130. The molecular weight excluding hydrogens is 354 g/mol. The van der Waals surface area contributed by atoms with Gasteiger partial charge in [-0.05, 0) is 67.7 Å². The maximum absolute atomic E-state index is 5.46. The van der Waals surface area contributed by atoms with Crippen molar-refractivity contribution in [2.24, 2.45) is 5.92 Å². The van der Waals surface area contributed by atoms with Crippen LogP contribution in [0.2, 0.25) is 0 Å². The van der Waals surface area contributed by atoms with Crippen LogP contribution in [0.5, 0.6) is 5.75 Å². The number of hydrogen-bond donors (Lipinski definition) is 2. The van der Waals surface area contributed by atoms with Crippen LogP contribution in [0.15, 0.2) is 48.5 Å². The maximum Gasteiger partial charge on any atom is 0.171 e. The Hall–Kier alpha value is -2.27. The van der Waals surface area contributed by atoms with Crippen molar-refractivity contribution in [3.63, 3.8) is 0 Å². The van der Waals surface area contributed by atoms with Crippen LogP contribution in [0, 0.1) is 5.92 Å². The Morgan fingerprint density at radius 3 is 2.70 bits per heavy atom. The second kappa shape index (κ2) is 9.09. The summed E-state index contributed by atoms with van der Waals surface area (Å²) in [6.45, 7) is 6.77. The van der Waals surface area contributed by atoms with Gasteiger partial charge in [0.1, 0.15) is 5.75 Å². The van der Waals surface area contributed by atoms with Crippen molar-refractivity contribution in [1.82, 2.24) is 5.32 Å². The topological polar surface area (TPSA) is 36.5 Å². The highest BCUT2D eigenvalue weighted by Gasteiger charge is 2.17. The van der Waals surface area contributed by atoms with Crippen molar-refractivity contribution in [2.75, 3.05) is 30.4 Å². The Kier molecular flexibility index (Phi) is 6.56. The number of methoxy groups -OCH3 is 1. The molecule has 1 aliphatic rings. The van der Waals surface area contributed by atoms with E-state index in [1.807, 2.05) is 24.3 Å². The molecule has 2 N–H and O–H groups in total. The van der Waals surface area contributed by atoms with E-state index < -0.39 is 0 Å². The lowest BCUT2D eigenvalue weighted by Crippen LogP contribution is -2.34. The van der Waals surface area contributed by atoms with Crippen molar-refractivity contribution in [2.45, 2.75) is 32.7 Å². The van der Waals surface area contributed by atoms with E-state index in [2.05, 4.69) is 53.6 Å². The summed E-state index contributed by atoms with van der Waals surface area (Å²) < 4.78 is 5.25. The standard InChI is InChI=1S/C22H29N3OS/c1-16-6-5-13-25(15-16)20-11-9-18(10-12-20)17(2)23-22(27)24-19-7-4-8-21(14-19)26-3/h4,7-12,14,16-17H,5-6,13,15H2,1-3H3,(H2,23,24,27)/t16-,17-/m1/s1. The van der Waals surface area contributed by atoms with Crippen LogP contribution in [0.1, 0.15) is 38.3 Å². The minimum absolute atomic E-state index is 0.130. The van der Waals surface area contributed by atoms with E-state index in [9.17, 15) is 0 Å². The van der Waals surface area contributed by atoms with E-state index in [0.29, 0.717) is 5.11 Å². The highest BCUT2D eigenvalue weighted by Crippen LogP contribution is 2.25. The lowest BCUT2D eigenvalue weighted by Gasteiger charge is -2.33. The minimum Gasteiger partial charge on any atom is -0.497 e. The van der Waals surface area contributed by atoms with Gasteiger partial charge in [0.15, 0.2) is 5.11 Å². The van der Waals surface area contributed by atoms with Gasteiger partial charge in [-0.25, -0.2) is 0 Å². The number of piperidine rings is 1. The molecule has 3 rings (SSSR count). The lowest BCUT2D eigenvalue weighted by atomic mass is 9.99. The number of hydrogen-bond acceptors (Lipinski definition) is 3. The quantitative estimate of drug-likeness (QED) is 0.712. The molecule has 27 heavy (non-hydrogen) atoms. The second-order valence-corrected chi connectivity index (χ2v) is 7.75. The van der Waals surface area contributed by atoms with Gasteiger partial charge in [0.25, 0.3) is 0 Å². The normalized spacial score (nSPS) is 17.9. The molecule has 0 radical (unpaired) electrons. The number of benzene rings is 2. The van der Waals surface area contributed by atoms with E-state index >= 15 is 0 Å². The van der Waals surface area contributed by atoms with Crippen molar-refractivity contribution in [1.29, 1.82) is 0 Å². The van der Waals surface area contributed by atoms with Gasteiger partial charge in [-0.15, -0.1) is 0 Å². The predicted octanol–water partition coefficient (Wildman–Crippen LogP) is 4.98. The summed E-state index contributed by atoms with van der Waals surface area (Å²) in [6, 6.07) is 16.7. The number of rotatable bonds is 5. The van der Waals surface area contributed by atoms with Gasteiger partial charge in [-0.2, -0.15) is 0 Å². The van der Waals surface area contributed by atoms with E-state index in [-0.39, 0.29) is 6.04 Å². The summed E-state index contributed by atoms with van der Waals surface area (Å²) in [6.07, 6.45) is 2.62. The Morgan fingerprint density at radius 2 is 2.00 bits per heavy atom. The molecule has 4 nitrogen and oxygen atoms in total. The molecule has 1 heterocycles. The van der Waals surface area contributed by atoms with E-state index in [4.69, 9.17) is 17.0 Å². The zero-order valence-corrected chi connectivity index (χ0v) is 17.2. The molecule has 0 aliphatic carbocycles. The summed E-state index contributed by atoms with van der Waals surface area (Å²) in [5.74, 6) is 1.58. The van der Waals surface area contributed by atoms with Crippen LogP contribution in [0.3, 0.4) is 0 Å². The monoisotopic (exact) mass is 383 g/mol. The van der Waals surface area contributed by atoms with Crippen LogP contribution >= 0.6 is 12.2 Å². The van der Waals surface area contributed by atoms with Crippen LogP contribution in [0.25, 0.3) is 0 Å². The van der Waals surface area contributed by atoms with Crippen LogP contribution in [-0.4, -0.2) is 25.3 Å². The first-order chi connectivity index (χ1) is 13.0. The van der Waals surface area contributed by atoms with Gasteiger partial charge in [-0.1, -0.05) is 25.1 Å². The molecule has 1 aliphatic heterocycles. The molecule has 0 spiro atoms. The summed E-state index contributed by atoms with van der Waals surface area (Å²) in [5, 5.41) is 7.17. The highest BCUT2D eigenvalue weighted by molar-refractivity contribution is 7.80. The van der Waals surface area contributed by atoms with Gasteiger partial charge in [0, 0.05) is 30.5 Å². The third-order valence-electron chi connectivity index (χ3n) is 5.09. The highest BCUT2D eigenvalue weighted by atomic mass is 32.1. The molecule has 2 atom stereocenters. The van der Waals surface area contributed by atoms with Gasteiger partial charge in [-0.3, -0.25) is 0 Å². The molecule has 2 aromatic rings. The molecule has 0 aromatic heterocycles. The lowest BCUT2D eigenvalue weighted by molar-refractivity contribution is 0.415. The smallest absolute Gasteiger partial charge is 0.171 e. The third-order valence-corrected chi connectivity index (χ3v) is 5.31. The molecule has 144 valence electrons. The van der Waals surface area contributed by atoms with Crippen molar-refractivity contribution in [3.8, 4) is 5.75 Å². The molecule has 0 saturated carbocycles. The van der Waals surface area contributed by atoms with Gasteiger partial charge >= 0.3 is 0 Å². The van der Waals surface area contributed by atoms with Crippen molar-refractivity contribution in [3.05, 3.63) is 54.1 Å². The maximum atomic E-state index is 5.46. The van der Waals surface area contributed by atoms with Gasteiger partial charge in [0.2, 0.25) is 0 Å². The molecule has 0 amide bonds. The first-order valence-corrected chi connectivity index (χ1v) is 10.0. The second-order valence-electron chi connectivity index (χ2n) is 7.34. The molecule has 2 aromatic carbocycles. The zero-order chi connectivity index (χ0) is 19.2. The largest absolute Gasteiger partial charge is 0.497 e. The molecule has 1 fully saturated rings. The average molecular weight is 384 g/mol. The fourth-order valence-electron chi connectivity index (χ4n) is 3.55. The fraction of sp³-hybridized carbons (Fsp3) is 0.409. The van der Waals surface area contributed by atoms with E-state index in [1.54, 1.807) is 7.11 Å². The third kappa shape index (κ3) is 5.36. The summed E-state index contributed by atoms with van der Waals surface area (Å²) in [7, 11) is 1.66. The fourth-order valence-corrected chi connectivity index (χ4v) is 3.84. The SMILES string of the molecule is COc1cccc(NC(=S)N[C@H](C)c2ccc(N3CCC[C@@H](C)C3)cc2)c1. The molecule has 1 saturated heterocycles. The molecule has 0 bridgehead atoms. The van der Waals surface area contributed by atoms with Gasteiger partial charge < -0.3 is 20.3 Å². The van der Waals surface area contributed by atoms with Crippen LogP contribution in [0.4, 0.5) is 11.4 Å². The Labute approximate surface area is 167 Å². The number of ether oxygens (including phenoxy) is 1. The van der Waals surface area contributed by atoms with Crippen LogP contribution in [-0.2, 0) is 0 Å². The number of nitrogens with one attached hydrogen (secondary N) is 2. The van der Waals surface area contributed by atoms with Crippen LogP contribution < -0.4 is 20.3 Å². The molecular formula is C22H29N3OS. The molecule has 0 unspecified atom stereocenters. The summed E-state index contributed by atoms with van der Waals surface area (Å²) in [5.41, 5.74) is 3.45. The summed E-state index contributed by atoms with van der Waals surface area (Å²) in [4.78, 5) is 2.49.